The molecule has 0 unspecified atom stereocenters. The van der Waals surface area contributed by atoms with Crippen LogP contribution >= 0.6 is 22.9 Å². The fourth-order valence-corrected chi connectivity index (χ4v) is 6.00. The quantitative estimate of drug-likeness (QED) is 0.538. The molecule has 5 nitrogen and oxygen atoms in total. The summed E-state index contributed by atoms with van der Waals surface area (Å²) in [4.78, 5) is 32.6. The maximum atomic E-state index is 13.6. The van der Waals surface area contributed by atoms with Crippen LogP contribution in [0.4, 0.5) is 0 Å². The fourth-order valence-electron chi connectivity index (χ4n) is 4.80. The molecule has 2 fully saturated rings. The van der Waals surface area contributed by atoms with Gasteiger partial charge in [0.1, 0.15) is 10.4 Å². The van der Waals surface area contributed by atoms with Gasteiger partial charge in [-0.1, -0.05) is 41.9 Å². The summed E-state index contributed by atoms with van der Waals surface area (Å²) in [6.07, 6.45) is 2.24. The van der Waals surface area contributed by atoms with Crippen molar-refractivity contribution in [2.45, 2.75) is 30.3 Å². The highest BCUT2D eigenvalue weighted by molar-refractivity contribution is 7.10. The Morgan fingerprint density at radius 3 is 2.65 bits per heavy atom. The normalized spacial score (nSPS) is 23.1. The van der Waals surface area contributed by atoms with E-state index in [2.05, 4.69) is 0 Å². The molecule has 1 spiro atoms. The van der Waals surface area contributed by atoms with Crippen molar-refractivity contribution in [1.82, 2.24) is 9.88 Å². The van der Waals surface area contributed by atoms with Gasteiger partial charge in [0, 0.05) is 34.5 Å². The third kappa shape index (κ3) is 2.85. The summed E-state index contributed by atoms with van der Waals surface area (Å²) in [5.41, 5.74) is 2.13. The Balaban J connectivity index is 1.26. The number of thiazole rings is 1. The van der Waals surface area contributed by atoms with Gasteiger partial charge in [0.05, 0.1) is 17.8 Å². The van der Waals surface area contributed by atoms with E-state index in [1.54, 1.807) is 17.4 Å². The molecular weight excluding hydrogens is 432 g/mol. The number of fused-ring (bicyclic) bond motifs is 2. The Morgan fingerprint density at radius 2 is 1.87 bits per heavy atom. The van der Waals surface area contributed by atoms with Crippen LogP contribution in [0.25, 0.3) is 11.3 Å². The van der Waals surface area contributed by atoms with Crippen LogP contribution in [0, 0.1) is 0 Å². The summed E-state index contributed by atoms with van der Waals surface area (Å²) in [7, 11) is 0. The number of ether oxygens (including phenoxy) is 1. The maximum Gasteiger partial charge on any atom is 0.339 e. The van der Waals surface area contributed by atoms with Gasteiger partial charge in [-0.3, -0.25) is 4.79 Å². The average Bonchev–Trinajstić information content (AvgIpc) is 3.14. The Hall–Kier alpha value is -2.70. The Morgan fingerprint density at radius 1 is 1.10 bits per heavy atom. The van der Waals surface area contributed by atoms with Gasteiger partial charge in [0.15, 0.2) is 5.60 Å². The monoisotopic (exact) mass is 450 g/mol. The summed E-state index contributed by atoms with van der Waals surface area (Å²) in [5.74, 6) is -0.194. The number of rotatable bonds is 3. The largest absolute Gasteiger partial charge is 0.449 e. The van der Waals surface area contributed by atoms with Gasteiger partial charge in [-0.2, -0.15) is 0 Å². The van der Waals surface area contributed by atoms with Crippen molar-refractivity contribution < 1.29 is 14.3 Å². The molecular formula is C24H19ClN2O3S. The van der Waals surface area contributed by atoms with Crippen LogP contribution in [0.5, 0.6) is 0 Å². The van der Waals surface area contributed by atoms with E-state index in [0.717, 1.165) is 34.7 Å². The van der Waals surface area contributed by atoms with Crippen LogP contribution in [-0.2, 0) is 20.5 Å². The number of benzene rings is 2. The number of hydrogen-bond donors (Lipinski definition) is 0. The van der Waals surface area contributed by atoms with Gasteiger partial charge in [-0.15, -0.1) is 11.3 Å². The first-order valence-electron chi connectivity index (χ1n) is 10.4. The average molecular weight is 451 g/mol. The van der Waals surface area contributed by atoms with E-state index in [9.17, 15) is 9.59 Å². The van der Waals surface area contributed by atoms with E-state index in [1.807, 2.05) is 52.7 Å². The molecule has 3 aromatic rings. The van der Waals surface area contributed by atoms with E-state index in [0.29, 0.717) is 30.1 Å². The smallest absolute Gasteiger partial charge is 0.339 e. The molecule has 6 rings (SSSR count). The predicted octanol–water partition coefficient (Wildman–Crippen LogP) is 4.79. The Labute approximate surface area is 188 Å². The van der Waals surface area contributed by atoms with Gasteiger partial charge in [0.25, 0.3) is 0 Å². The molecule has 2 aliphatic heterocycles. The minimum Gasteiger partial charge on any atom is -0.449 e. The molecule has 156 valence electrons. The van der Waals surface area contributed by atoms with E-state index in [1.165, 1.54) is 0 Å². The summed E-state index contributed by atoms with van der Waals surface area (Å²) in [5, 5.41) is 3.56. The summed E-state index contributed by atoms with van der Waals surface area (Å²) >= 11 is 7.53. The minimum atomic E-state index is -0.712. The number of carbonyl (C=O) groups excluding carboxylic acids is 2. The second-order valence-electron chi connectivity index (χ2n) is 8.53. The Kier molecular flexibility index (Phi) is 4.08. The first-order chi connectivity index (χ1) is 15.0. The molecule has 1 saturated carbocycles. The van der Waals surface area contributed by atoms with Crippen molar-refractivity contribution in [3.63, 3.8) is 0 Å². The van der Waals surface area contributed by atoms with E-state index >= 15 is 0 Å². The van der Waals surface area contributed by atoms with E-state index in [-0.39, 0.29) is 11.9 Å². The molecule has 1 amide bonds. The molecule has 0 radical (unpaired) electrons. The predicted molar refractivity (Wildman–Crippen MR) is 118 cm³/mol. The lowest BCUT2D eigenvalue weighted by Crippen LogP contribution is -2.40. The van der Waals surface area contributed by atoms with Gasteiger partial charge in [-0.05, 0) is 31.0 Å². The van der Waals surface area contributed by atoms with Crippen LogP contribution in [-0.4, -0.2) is 34.8 Å². The summed E-state index contributed by atoms with van der Waals surface area (Å²) < 4.78 is 5.81. The van der Waals surface area contributed by atoms with Gasteiger partial charge >= 0.3 is 5.97 Å². The number of nitrogens with zero attached hydrogens (tertiary/aromatic N) is 2. The molecule has 31 heavy (non-hydrogen) atoms. The van der Waals surface area contributed by atoms with Crippen molar-refractivity contribution >= 4 is 34.8 Å². The molecule has 2 aromatic carbocycles. The Bertz CT molecular complexity index is 1220. The van der Waals surface area contributed by atoms with Crippen molar-refractivity contribution in [1.29, 1.82) is 0 Å². The third-order valence-electron chi connectivity index (χ3n) is 6.66. The van der Waals surface area contributed by atoms with Crippen LogP contribution in [0.2, 0.25) is 5.02 Å². The molecule has 0 N–H and O–H groups in total. The molecule has 7 heteroatoms. The molecule has 0 bridgehead atoms. The van der Waals surface area contributed by atoms with Crippen molar-refractivity contribution in [2.75, 3.05) is 13.1 Å². The second-order valence-corrected chi connectivity index (χ2v) is 9.83. The lowest BCUT2D eigenvalue weighted by molar-refractivity contribution is -0.134. The highest BCUT2D eigenvalue weighted by Crippen LogP contribution is 2.53. The third-order valence-corrected chi connectivity index (χ3v) is 7.96. The number of amides is 1. The molecule has 1 atom stereocenters. The standard InChI is InChI=1S/C24H19ClN2O3S/c25-16-7-5-15(6-8-16)19-13-31-21(26-19)23(9-10-23)22(29)27-12-11-24(14-27)18-4-2-1-3-17(18)20(28)30-24/h1-8,13H,9-12,14H2/t24-/m0/s1. The van der Waals surface area contributed by atoms with Crippen molar-refractivity contribution in [3.05, 3.63) is 75.1 Å². The van der Waals surface area contributed by atoms with E-state index in [4.69, 9.17) is 21.3 Å². The minimum absolute atomic E-state index is 0.0989. The number of hydrogen-bond acceptors (Lipinski definition) is 5. The number of esters is 1. The molecule has 3 aliphatic rings. The molecule has 3 heterocycles. The van der Waals surface area contributed by atoms with Crippen LogP contribution < -0.4 is 0 Å². The summed E-state index contributed by atoms with van der Waals surface area (Å²) in [6, 6.07) is 15.1. The molecule has 1 aromatic heterocycles. The lowest BCUT2D eigenvalue weighted by atomic mass is 9.91. The SMILES string of the molecule is O=C1O[C@]2(CCN(C(=O)C3(c4nc(-c5ccc(Cl)cc5)cs4)CC3)C2)c2ccccc21. The summed E-state index contributed by atoms with van der Waals surface area (Å²) in [6.45, 7) is 0.989. The first kappa shape index (κ1) is 19.0. The highest BCUT2D eigenvalue weighted by atomic mass is 35.5. The zero-order valence-corrected chi connectivity index (χ0v) is 18.2. The highest BCUT2D eigenvalue weighted by Gasteiger charge is 2.59. The number of aromatic nitrogens is 1. The van der Waals surface area contributed by atoms with Crippen LogP contribution in [0.3, 0.4) is 0 Å². The van der Waals surface area contributed by atoms with Gasteiger partial charge in [0.2, 0.25) is 5.91 Å². The fraction of sp³-hybridized carbons (Fsp3) is 0.292. The molecule has 1 saturated heterocycles. The zero-order chi connectivity index (χ0) is 21.2. The number of likely N-dealkylation sites (tertiary alicyclic amines) is 1. The van der Waals surface area contributed by atoms with Crippen molar-refractivity contribution in [2.24, 2.45) is 0 Å². The van der Waals surface area contributed by atoms with Gasteiger partial charge < -0.3 is 9.64 Å². The van der Waals surface area contributed by atoms with E-state index < -0.39 is 11.0 Å². The van der Waals surface area contributed by atoms with Gasteiger partial charge in [-0.25, -0.2) is 9.78 Å². The lowest BCUT2D eigenvalue weighted by Gasteiger charge is -2.26. The number of carbonyl (C=O) groups is 2. The molecule has 1 aliphatic carbocycles. The number of halogens is 1. The van der Waals surface area contributed by atoms with Crippen molar-refractivity contribution in [3.8, 4) is 11.3 Å². The first-order valence-corrected chi connectivity index (χ1v) is 11.6. The zero-order valence-electron chi connectivity index (χ0n) is 16.6. The maximum absolute atomic E-state index is 13.6. The van der Waals surface area contributed by atoms with Crippen LogP contribution in [0.1, 0.15) is 40.2 Å². The van der Waals surface area contributed by atoms with Crippen LogP contribution in [0.15, 0.2) is 53.9 Å². The second kappa shape index (κ2) is 6.65. The topological polar surface area (TPSA) is 59.5 Å².